The molecule has 2 N–H and O–H groups in total. The van der Waals surface area contributed by atoms with E-state index in [4.69, 9.17) is 30.5 Å². The van der Waals surface area contributed by atoms with Gasteiger partial charge >= 0.3 is 0 Å². The zero-order chi connectivity index (χ0) is 24.1. The number of rotatable bonds is 8. The molecule has 0 atom stereocenters. The lowest BCUT2D eigenvalue weighted by atomic mass is 9.96. The van der Waals surface area contributed by atoms with Gasteiger partial charge in [0, 0.05) is 0 Å². The molecule has 174 valence electrons. The summed E-state index contributed by atoms with van der Waals surface area (Å²) in [5.74, 6) is 1.50. The van der Waals surface area contributed by atoms with Crippen LogP contribution in [0.25, 0.3) is 22.3 Å². The second-order valence-electron chi connectivity index (χ2n) is 7.48. The van der Waals surface area contributed by atoms with Crippen LogP contribution in [0.4, 0.5) is 0 Å². The molecular formula is C26H27ClO6. The van der Waals surface area contributed by atoms with E-state index in [1.165, 1.54) is 26.4 Å². The fourth-order valence-electron chi connectivity index (χ4n) is 3.45. The SMILES string of the molecule is COc1cc(-c2c(O)c(OC)c(-c3ccc(O)cc3)c(Cl)c2OC)ccc1OCC=C(C)C. The third-order valence-electron chi connectivity index (χ3n) is 5.07. The maximum Gasteiger partial charge on any atom is 0.170 e. The maximum atomic E-state index is 11.2. The fourth-order valence-corrected chi connectivity index (χ4v) is 3.81. The number of phenolic OH excluding ortho intramolecular Hbond substituents is 2. The number of halogens is 1. The van der Waals surface area contributed by atoms with Crippen molar-refractivity contribution >= 4 is 11.6 Å². The molecule has 3 rings (SSSR count). The van der Waals surface area contributed by atoms with Crippen LogP contribution < -0.4 is 18.9 Å². The Morgan fingerprint density at radius 2 is 1.45 bits per heavy atom. The van der Waals surface area contributed by atoms with Gasteiger partial charge in [0.15, 0.2) is 23.0 Å². The second-order valence-corrected chi connectivity index (χ2v) is 7.86. The topological polar surface area (TPSA) is 77.4 Å². The molecule has 0 fully saturated rings. The molecule has 0 saturated heterocycles. The molecule has 0 aromatic heterocycles. The second kappa shape index (κ2) is 10.4. The van der Waals surface area contributed by atoms with Crippen molar-refractivity contribution in [3.8, 4) is 56.8 Å². The van der Waals surface area contributed by atoms with E-state index < -0.39 is 0 Å². The van der Waals surface area contributed by atoms with Crippen molar-refractivity contribution in [3.63, 3.8) is 0 Å². The van der Waals surface area contributed by atoms with Crippen molar-refractivity contribution in [2.45, 2.75) is 13.8 Å². The van der Waals surface area contributed by atoms with E-state index in [-0.39, 0.29) is 28.0 Å². The monoisotopic (exact) mass is 470 g/mol. The lowest BCUT2D eigenvalue weighted by molar-refractivity contribution is 0.326. The van der Waals surface area contributed by atoms with Crippen LogP contribution in [0.2, 0.25) is 5.02 Å². The molecule has 0 aliphatic carbocycles. The van der Waals surface area contributed by atoms with Crippen molar-refractivity contribution in [2.75, 3.05) is 27.9 Å². The molecule has 0 aliphatic rings. The van der Waals surface area contributed by atoms with E-state index in [1.807, 2.05) is 19.9 Å². The van der Waals surface area contributed by atoms with E-state index in [2.05, 4.69) is 0 Å². The molecule has 0 radical (unpaired) electrons. The van der Waals surface area contributed by atoms with Gasteiger partial charge in [0.05, 0.1) is 37.5 Å². The highest BCUT2D eigenvalue weighted by atomic mass is 35.5. The van der Waals surface area contributed by atoms with E-state index in [0.717, 1.165) is 5.57 Å². The number of hydrogen-bond donors (Lipinski definition) is 2. The van der Waals surface area contributed by atoms with Gasteiger partial charge < -0.3 is 29.2 Å². The molecular weight excluding hydrogens is 444 g/mol. The summed E-state index contributed by atoms with van der Waals surface area (Å²) in [6, 6.07) is 11.7. The van der Waals surface area contributed by atoms with Crippen LogP contribution in [0.15, 0.2) is 54.1 Å². The summed E-state index contributed by atoms with van der Waals surface area (Å²) < 4.78 is 22.5. The number of hydrogen-bond acceptors (Lipinski definition) is 6. The summed E-state index contributed by atoms with van der Waals surface area (Å²) >= 11 is 6.76. The minimum absolute atomic E-state index is 0.112. The number of allylic oxidation sites excluding steroid dienone is 1. The molecule has 0 aliphatic heterocycles. The highest BCUT2D eigenvalue weighted by molar-refractivity contribution is 6.36. The Morgan fingerprint density at radius 1 is 0.818 bits per heavy atom. The Kier molecular flexibility index (Phi) is 7.61. The number of ether oxygens (including phenoxy) is 4. The molecule has 0 saturated carbocycles. The largest absolute Gasteiger partial charge is 0.508 e. The van der Waals surface area contributed by atoms with E-state index in [9.17, 15) is 10.2 Å². The van der Waals surface area contributed by atoms with Gasteiger partial charge in [-0.15, -0.1) is 0 Å². The molecule has 7 heteroatoms. The Morgan fingerprint density at radius 3 is 2.03 bits per heavy atom. The van der Waals surface area contributed by atoms with Crippen LogP contribution in [0.1, 0.15) is 13.8 Å². The number of benzene rings is 3. The van der Waals surface area contributed by atoms with E-state index in [0.29, 0.717) is 40.4 Å². The maximum absolute atomic E-state index is 11.2. The molecule has 3 aromatic rings. The molecule has 0 heterocycles. The van der Waals surface area contributed by atoms with Crippen LogP contribution in [0.5, 0.6) is 34.5 Å². The van der Waals surface area contributed by atoms with Gasteiger partial charge in [-0.25, -0.2) is 0 Å². The highest BCUT2D eigenvalue weighted by Crippen LogP contribution is 2.55. The summed E-state index contributed by atoms with van der Waals surface area (Å²) in [4.78, 5) is 0. The Bertz CT molecular complexity index is 1160. The van der Waals surface area contributed by atoms with Crippen molar-refractivity contribution in [1.82, 2.24) is 0 Å². The summed E-state index contributed by atoms with van der Waals surface area (Å²) in [6.07, 6.45) is 1.97. The first-order valence-corrected chi connectivity index (χ1v) is 10.6. The smallest absolute Gasteiger partial charge is 0.170 e. The highest BCUT2D eigenvalue weighted by Gasteiger charge is 2.27. The summed E-state index contributed by atoms with van der Waals surface area (Å²) in [5, 5.41) is 21.1. The van der Waals surface area contributed by atoms with Gasteiger partial charge in [0.2, 0.25) is 0 Å². The standard InChI is InChI=1S/C26H27ClO6/c1-15(2)12-13-33-19-11-8-17(14-20(19)30-3)22-24(29)26(32-5)21(23(27)25(22)31-4)16-6-9-18(28)10-7-16/h6-12,14,28-29H,13H2,1-5H3. The van der Waals surface area contributed by atoms with Crippen molar-refractivity contribution in [1.29, 1.82) is 0 Å². The van der Waals surface area contributed by atoms with Crippen molar-refractivity contribution in [3.05, 3.63) is 59.1 Å². The quantitative estimate of drug-likeness (QED) is 0.368. The van der Waals surface area contributed by atoms with Crippen LogP contribution in [0, 0.1) is 0 Å². The summed E-state index contributed by atoms with van der Waals surface area (Å²) in [7, 11) is 4.48. The average Bonchev–Trinajstić information content (AvgIpc) is 2.80. The normalized spacial score (nSPS) is 10.5. The Hall–Kier alpha value is -3.51. The molecule has 0 spiro atoms. The molecule has 0 bridgehead atoms. The molecule has 0 unspecified atom stereocenters. The first-order valence-electron chi connectivity index (χ1n) is 10.2. The lowest BCUT2D eigenvalue weighted by Crippen LogP contribution is -1.99. The van der Waals surface area contributed by atoms with Crippen LogP contribution in [-0.2, 0) is 0 Å². The van der Waals surface area contributed by atoms with Gasteiger partial charge in [0.25, 0.3) is 0 Å². The molecule has 0 amide bonds. The van der Waals surface area contributed by atoms with Crippen LogP contribution >= 0.6 is 11.6 Å². The van der Waals surface area contributed by atoms with Crippen LogP contribution in [-0.4, -0.2) is 38.1 Å². The van der Waals surface area contributed by atoms with E-state index in [1.54, 1.807) is 37.4 Å². The molecule has 6 nitrogen and oxygen atoms in total. The minimum atomic E-state index is -0.137. The van der Waals surface area contributed by atoms with Gasteiger partial charge in [-0.05, 0) is 55.3 Å². The predicted octanol–water partition coefficient (Wildman–Crippen LogP) is 6.46. The fraction of sp³-hybridized carbons (Fsp3) is 0.231. The zero-order valence-corrected chi connectivity index (χ0v) is 20.0. The Labute approximate surface area is 198 Å². The van der Waals surface area contributed by atoms with Crippen molar-refractivity contribution < 1.29 is 29.2 Å². The summed E-state index contributed by atoms with van der Waals surface area (Å²) in [6.45, 7) is 4.41. The third kappa shape index (κ3) is 4.96. The Balaban J connectivity index is 2.18. The first kappa shape index (κ1) is 24.1. The number of methoxy groups -OCH3 is 3. The number of aromatic hydroxyl groups is 2. The van der Waals surface area contributed by atoms with Crippen LogP contribution in [0.3, 0.4) is 0 Å². The lowest BCUT2D eigenvalue weighted by Gasteiger charge is -2.21. The third-order valence-corrected chi connectivity index (χ3v) is 5.43. The minimum Gasteiger partial charge on any atom is -0.508 e. The average molecular weight is 471 g/mol. The summed E-state index contributed by atoms with van der Waals surface area (Å²) in [5.41, 5.74) is 3.21. The van der Waals surface area contributed by atoms with Gasteiger partial charge in [-0.2, -0.15) is 0 Å². The van der Waals surface area contributed by atoms with Gasteiger partial charge in [-0.1, -0.05) is 35.4 Å². The van der Waals surface area contributed by atoms with Crippen molar-refractivity contribution in [2.24, 2.45) is 0 Å². The van der Waals surface area contributed by atoms with E-state index >= 15 is 0 Å². The zero-order valence-electron chi connectivity index (χ0n) is 19.2. The first-order chi connectivity index (χ1) is 15.8. The van der Waals surface area contributed by atoms with Gasteiger partial charge in [0.1, 0.15) is 18.1 Å². The molecule has 33 heavy (non-hydrogen) atoms. The number of phenols is 2. The molecule has 3 aromatic carbocycles. The van der Waals surface area contributed by atoms with Gasteiger partial charge in [-0.3, -0.25) is 0 Å². The predicted molar refractivity (Wildman–Crippen MR) is 130 cm³/mol.